The Morgan fingerprint density at radius 3 is 2.41 bits per heavy atom. The molecule has 2 aromatic carbocycles. The van der Waals surface area contributed by atoms with Gasteiger partial charge in [-0.25, -0.2) is 17.8 Å². The van der Waals surface area contributed by atoms with Crippen LogP contribution in [0.2, 0.25) is 0 Å². The van der Waals surface area contributed by atoms with Gasteiger partial charge in [0, 0.05) is 22.8 Å². The molecule has 0 saturated carbocycles. The molecule has 0 aliphatic carbocycles. The van der Waals surface area contributed by atoms with Crippen LogP contribution in [0.1, 0.15) is 0 Å². The van der Waals surface area contributed by atoms with Crippen molar-refractivity contribution >= 4 is 21.2 Å². The molecule has 1 heterocycles. The Morgan fingerprint density at radius 1 is 1.05 bits per heavy atom. The molecule has 0 saturated heterocycles. The van der Waals surface area contributed by atoms with E-state index in [4.69, 9.17) is 0 Å². The van der Waals surface area contributed by atoms with E-state index in [0.717, 1.165) is 21.8 Å². The minimum Gasteiger partial charge on any atom is -0.236 e. The van der Waals surface area contributed by atoms with Gasteiger partial charge in [0.1, 0.15) is 10.8 Å². The van der Waals surface area contributed by atoms with Gasteiger partial charge in [0.05, 0.1) is 10.6 Å². The summed E-state index contributed by atoms with van der Waals surface area (Å²) in [6.45, 7) is 0. The molecule has 0 bridgehead atoms. The number of halogens is 1. The topological polar surface area (TPSA) is 47.0 Å². The summed E-state index contributed by atoms with van der Waals surface area (Å²) in [4.78, 5) is 4.76. The summed E-state index contributed by atoms with van der Waals surface area (Å²) in [6.07, 6.45) is 1.17. The van der Waals surface area contributed by atoms with Gasteiger partial charge in [-0.1, -0.05) is 24.3 Å². The van der Waals surface area contributed by atoms with Crippen molar-refractivity contribution in [3.63, 3.8) is 0 Å². The first kappa shape index (κ1) is 14.9. The summed E-state index contributed by atoms with van der Waals surface area (Å²) in [6, 6.07) is 12.8. The SMILES string of the molecule is CS(=O)(=O)c1ccc(-c2csc(-c3cccc(F)c3)n2)cc1. The average Bonchev–Trinajstić information content (AvgIpc) is 2.96. The number of thiazole rings is 1. The number of nitrogens with zero attached hydrogens (tertiary/aromatic N) is 1. The Bertz CT molecular complexity index is 915. The quantitative estimate of drug-likeness (QED) is 0.727. The van der Waals surface area contributed by atoms with Gasteiger partial charge >= 0.3 is 0 Å². The smallest absolute Gasteiger partial charge is 0.175 e. The predicted molar refractivity (Wildman–Crippen MR) is 86.1 cm³/mol. The van der Waals surface area contributed by atoms with Crippen molar-refractivity contribution < 1.29 is 12.8 Å². The fraction of sp³-hybridized carbons (Fsp3) is 0.0625. The van der Waals surface area contributed by atoms with E-state index in [-0.39, 0.29) is 10.7 Å². The summed E-state index contributed by atoms with van der Waals surface area (Å²) in [7, 11) is -3.20. The fourth-order valence-electron chi connectivity index (χ4n) is 2.03. The molecule has 3 nitrogen and oxygen atoms in total. The maximum atomic E-state index is 13.3. The second-order valence-electron chi connectivity index (χ2n) is 4.84. The van der Waals surface area contributed by atoms with Crippen molar-refractivity contribution in [2.24, 2.45) is 0 Å². The molecule has 3 rings (SSSR count). The predicted octanol–water partition coefficient (Wildman–Crippen LogP) is 4.02. The van der Waals surface area contributed by atoms with Crippen LogP contribution in [-0.2, 0) is 9.84 Å². The lowest BCUT2D eigenvalue weighted by Gasteiger charge is -2.00. The van der Waals surface area contributed by atoms with Crippen molar-refractivity contribution in [1.82, 2.24) is 4.98 Å². The molecule has 1 aromatic heterocycles. The molecule has 0 amide bonds. The Hall–Kier alpha value is -2.05. The van der Waals surface area contributed by atoms with E-state index in [2.05, 4.69) is 4.98 Å². The standard InChI is InChI=1S/C16H12FNO2S2/c1-22(19,20)14-7-5-11(6-8-14)15-10-21-16(18-15)12-3-2-4-13(17)9-12/h2-10H,1H3. The molecule has 0 aliphatic heterocycles. The van der Waals surface area contributed by atoms with Crippen LogP contribution in [0, 0.1) is 5.82 Å². The zero-order valence-corrected chi connectivity index (χ0v) is 13.3. The Balaban J connectivity index is 1.94. The van der Waals surface area contributed by atoms with Gasteiger partial charge in [-0.05, 0) is 24.3 Å². The van der Waals surface area contributed by atoms with Gasteiger partial charge in [0.15, 0.2) is 9.84 Å². The third kappa shape index (κ3) is 3.08. The molecule has 0 fully saturated rings. The van der Waals surface area contributed by atoms with E-state index in [1.54, 1.807) is 36.4 Å². The molecular weight excluding hydrogens is 321 g/mol. The highest BCUT2D eigenvalue weighted by Crippen LogP contribution is 2.29. The van der Waals surface area contributed by atoms with Crippen LogP contribution in [0.15, 0.2) is 58.8 Å². The van der Waals surface area contributed by atoms with E-state index >= 15 is 0 Å². The number of benzene rings is 2. The maximum Gasteiger partial charge on any atom is 0.175 e. The molecule has 22 heavy (non-hydrogen) atoms. The molecule has 112 valence electrons. The molecule has 0 spiro atoms. The highest BCUT2D eigenvalue weighted by molar-refractivity contribution is 7.90. The van der Waals surface area contributed by atoms with Gasteiger partial charge < -0.3 is 0 Å². The molecule has 0 radical (unpaired) electrons. The second-order valence-corrected chi connectivity index (χ2v) is 7.72. The Labute approximate surface area is 132 Å². The van der Waals surface area contributed by atoms with Crippen LogP contribution < -0.4 is 0 Å². The molecule has 0 unspecified atom stereocenters. The zero-order chi connectivity index (χ0) is 15.7. The normalized spacial score (nSPS) is 11.5. The monoisotopic (exact) mass is 333 g/mol. The lowest BCUT2D eigenvalue weighted by atomic mass is 10.2. The van der Waals surface area contributed by atoms with Gasteiger partial charge in [-0.3, -0.25) is 0 Å². The number of aromatic nitrogens is 1. The molecule has 6 heteroatoms. The molecule has 0 aliphatic rings. The first-order valence-corrected chi connectivity index (χ1v) is 9.22. The van der Waals surface area contributed by atoms with Crippen molar-refractivity contribution in [3.05, 3.63) is 59.7 Å². The maximum absolute atomic E-state index is 13.3. The van der Waals surface area contributed by atoms with Crippen LogP contribution in [0.3, 0.4) is 0 Å². The van der Waals surface area contributed by atoms with E-state index < -0.39 is 9.84 Å². The van der Waals surface area contributed by atoms with Crippen LogP contribution in [-0.4, -0.2) is 19.7 Å². The minimum atomic E-state index is -3.20. The molecule has 3 aromatic rings. The lowest BCUT2D eigenvalue weighted by Crippen LogP contribution is -1.96. The summed E-state index contributed by atoms with van der Waals surface area (Å²) >= 11 is 1.42. The molecule has 0 atom stereocenters. The van der Waals surface area contributed by atoms with Crippen LogP contribution >= 0.6 is 11.3 Å². The van der Waals surface area contributed by atoms with E-state index in [1.807, 2.05) is 5.38 Å². The van der Waals surface area contributed by atoms with Crippen LogP contribution in [0.5, 0.6) is 0 Å². The second kappa shape index (κ2) is 5.62. The first-order valence-electron chi connectivity index (χ1n) is 6.45. The van der Waals surface area contributed by atoms with Crippen LogP contribution in [0.25, 0.3) is 21.8 Å². The number of sulfone groups is 1. The summed E-state index contributed by atoms with van der Waals surface area (Å²) in [5, 5.41) is 2.59. The highest BCUT2D eigenvalue weighted by atomic mass is 32.2. The van der Waals surface area contributed by atoms with E-state index in [1.165, 1.54) is 29.7 Å². The number of hydrogen-bond donors (Lipinski definition) is 0. The highest BCUT2D eigenvalue weighted by Gasteiger charge is 2.10. The zero-order valence-electron chi connectivity index (χ0n) is 11.7. The Kier molecular flexibility index (Phi) is 3.80. The summed E-state index contributed by atoms with van der Waals surface area (Å²) in [5.41, 5.74) is 2.29. The lowest BCUT2D eigenvalue weighted by molar-refractivity contribution is 0.602. The largest absolute Gasteiger partial charge is 0.236 e. The number of hydrogen-bond acceptors (Lipinski definition) is 4. The van der Waals surface area contributed by atoms with Crippen molar-refractivity contribution in [3.8, 4) is 21.8 Å². The number of rotatable bonds is 3. The van der Waals surface area contributed by atoms with Crippen LogP contribution in [0.4, 0.5) is 4.39 Å². The fourth-order valence-corrected chi connectivity index (χ4v) is 3.49. The van der Waals surface area contributed by atoms with Gasteiger partial charge in [-0.15, -0.1) is 11.3 Å². The van der Waals surface area contributed by atoms with Crippen molar-refractivity contribution in [2.75, 3.05) is 6.26 Å². The van der Waals surface area contributed by atoms with E-state index in [0.29, 0.717) is 0 Å². The molecule has 0 N–H and O–H groups in total. The summed E-state index contributed by atoms with van der Waals surface area (Å²) in [5.74, 6) is -0.299. The van der Waals surface area contributed by atoms with Crippen molar-refractivity contribution in [1.29, 1.82) is 0 Å². The Morgan fingerprint density at radius 2 is 1.77 bits per heavy atom. The van der Waals surface area contributed by atoms with Gasteiger partial charge in [0.2, 0.25) is 0 Å². The van der Waals surface area contributed by atoms with Gasteiger partial charge in [0.25, 0.3) is 0 Å². The van der Waals surface area contributed by atoms with E-state index in [9.17, 15) is 12.8 Å². The third-order valence-electron chi connectivity index (χ3n) is 3.15. The van der Waals surface area contributed by atoms with Crippen molar-refractivity contribution in [2.45, 2.75) is 4.90 Å². The third-order valence-corrected chi connectivity index (χ3v) is 5.17. The average molecular weight is 333 g/mol. The molecular formula is C16H12FNO2S2. The first-order chi connectivity index (χ1) is 10.4. The minimum absolute atomic E-state index is 0.275. The van der Waals surface area contributed by atoms with Gasteiger partial charge in [-0.2, -0.15) is 0 Å². The summed E-state index contributed by atoms with van der Waals surface area (Å²) < 4.78 is 36.2.